The Labute approximate surface area is 244 Å². The number of aliphatic hydroxyl groups is 1. The lowest BCUT2D eigenvalue weighted by Crippen LogP contribution is -2.32. The minimum absolute atomic E-state index is 0.0714. The van der Waals surface area contributed by atoms with Gasteiger partial charge in [-0.1, -0.05) is 53.8 Å². The average Bonchev–Trinajstić information content (AvgIpc) is 3.41. The zero-order chi connectivity index (χ0) is 29.3. The number of carbonyl (C=O) groups excluding carboxylic acids is 2. The number of nitrogens with one attached hydrogen (secondary N) is 3. The van der Waals surface area contributed by atoms with Crippen molar-refractivity contribution in [2.45, 2.75) is 57.8 Å². The van der Waals surface area contributed by atoms with Gasteiger partial charge in [0.25, 0.3) is 0 Å². The Bertz CT molecular complexity index is 1290. The first kappa shape index (κ1) is 31.6. The molecule has 41 heavy (non-hydrogen) atoms. The van der Waals surface area contributed by atoms with E-state index in [-0.39, 0.29) is 24.8 Å². The standard InChI is InChI=1S/C30H38N6O4S/c1-32-26(33-27(38)21-23-11-7-13-25(19-23)40-18-8-17-37)16-15-24(31)12-5-6-14-29-35-36-30(41-29)34-28(39)20-22-9-3-2-4-10-22/h2-4,7,9-11,13,19,31,37H,5-6,8,12,14-18,20-21H2,1H3,(H,32,33,38)(H,34,36,39). The molecule has 11 heteroatoms. The zero-order valence-corrected chi connectivity index (χ0v) is 24.2. The smallest absolute Gasteiger partial charge is 0.230 e. The highest BCUT2D eigenvalue weighted by Crippen LogP contribution is 2.18. The molecule has 2 aromatic carbocycles. The fraction of sp³-hybridized carbons (Fsp3) is 0.400. The Kier molecular flexibility index (Phi) is 13.6. The highest BCUT2D eigenvalue weighted by Gasteiger charge is 2.11. The van der Waals surface area contributed by atoms with Gasteiger partial charge in [-0.3, -0.25) is 14.6 Å². The summed E-state index contributed by atoms with van der Waals surface area (Å²) in [6, 6.07) is 16.9. The Morgan fingerprint density at radius 1 is 0.951 bits per heavy atom. The van der Waals surface area contributed by atoms with Gasteiger partial charge in [-0.2, -0.15) is 0 Å². The van der Waals surface area contributed by atoms with Crippen LogP contribution < -0.4 is 15.4 Å². The largest absolute Gasteiger partial charge is 0.493 e. The summed E-state index contributed by atoms with van der Waals surface area (Å²) in [6.07, 6.45) is 5.17. The van der Waals surface area contributed by atoms with Crippen molar-refractivity contribution in [1.29, 1.82) is 5.41 Å². The molecule has 0 fully saturated rings. The van der Waals surface area contributed by atoms with Crippen LogP contribution in [0.2, 0.25) is 0 Å². The predicted octanol–water partition coefficient (Wildman–Crippen LogP) is 4.38. The van der Waals surface area contributed by atoms with Crippen LogP contribution in [0.5, 0.6) is 5.75 Å². The van der Waals surface area contributed by atoms with Gasteiger partial charge in [0.05, 0.1) is 19.4 Å². The number of benzene rings is 2. The number of rotatable bonds is 17. The van der Waals surface area contributed by atoms with Crippen LogP contribution >= 0.6 is 11.3 Å². The first-order valence-corrected chi connectivity index (χ1v) is 14.6. The number of nitrogens with zero attached hydrogens (tertiary/aromatic N) is 3. The van der Waals surface area contributed by atoms with Crippen LogP contribution in [0.4, 0.5) is 5.13 Å². The summed E-state index contributed by atoms with van der Waals surface area (Å²) in [7, 11) is 1.63. The number of amides is 2. The van der Waals surface area contributed by atoms with Crippen molar-refractivity contribution in [2.24, 2.45) is 4.99 Å². The van der Waals surface area contributed by atoms with Gasteiger partial charge in [-0.05, 0) is 48.9 Å². The number of anilines is 1. The molecule has 0 spiro atoms. The van der Waals surface area contributed by atoms with Gasteiger partial charge in [0.15, 0.2) is 0 Å². The highest BCUT2D eigenvalue weighted by molar-refractivity contribution is 7.15. The third kappa shape index (κ3) is 12.4. The van der Waals surface area contributed by atoms with Crippen molar-refractivity contribution in [3.63, 3.8) is 0 Å². The summed E-state index contributed by atoms with van der Waals surface area (Å²) in [4.78, 5) is 28.9. The molecule has 10 nitrogen and oxygen atoms in total. The lowest BCUT2D eigenvalue weighted by Gasteiger charge is -2.10. The fourth-order valence-corrected chi connectivity index (χ4v) is 4.78. The number of aliphatic hydroxyl groups excluding tert-OH is 1. The summed E-state index contributed by atoms with van der Waals surface area (Å²) >= 11 is 1.38. The average molecular weight is 579 g/mol. The molecule has 0 saturated carbocycles. The Morgan fingerprint density at radius 3 is 2.51 bits per heavy atom. The van der Waals surface area contributed by atoms with E-state index in [1.54, 1.807) is 7.05 Å². The van der Waals surface area contributed by atoms with Crippen LogP contribution in [-0.4, -0.2) is 58.9 Å². The molecule has 0 unspecified atom stereocenters. The molecular weight excluding hydrogens is 540 g/mol. The molecule has 0 aliphatic rings. The van der Waals surface area contributed by atoms with E-state index in [9.17, 15) is 9.59 Å². The minimum Gasteiger partial charge on any atom is -0.493 e. The molecule has 4 N–H and O–H groups in total. The molecule has 2 amide bonds. The van der Waals surface area contributed by atoms with Crippen molar-refractivity contribution in [2.75, 3.05) is 25.6 Å². The summed E-state index contributed by atoms with van der Waals surface area (Å²) in [6.45, 7) is 0.491. The van der Waals surface area contributed by atoms with Gasteiger partial charge >= 0.3 is 0 Å². The van der Waals surface area contributed by atoms with Crippen LogP contribution in [-0.2, 0) is 28.9 Å². The molecule has 3 aromatic rings. The second kappa shape index (κ2) is 17.7. The minimum atomic E-state index is -0.169. The quantitative estimate of drug-likeness (QED) is 0.106. The van der Waals surface area contributed by atoms with Crippen molar-refractivity contribution in [1.82, 2.24) is 15.5 Å². The summed E-state index contributed by atoms with van der Waals surface area (Å²) in [5, 5.41) is 32.4. The van der Waals surface area contributed by atoms with Crippen LogP contribution in [0.15, 0.2) is 59.6 Å². The number of aryl methyl sites for hydroxylation is 1. The molecule has 1 aromatic heterocycles. The Morgan fingerprint density at radius 2 is 1.73 bits per heavy atom. The topological polar surface area (TPSA) is 150 Å². The Balaban J connectivity index is 1.30. The second-order valence-corrected chi connectivity index (χ2v) is 10.6. The van der Waals surface area contributed by atoms with Crippen LogP contribution in [0, 0.1) is 5.41 Å². The fourth-order valence-electron chi connectivity index (χ4n) is 3.98. The summed E-state index contributed by atoms with van der Waals surface area (Å²) < 4.78 is 5.57. The molecule has 0 radical (unpaired) electrons. The second-order valence-electron chi connectivity index (χ2n) is 9.49. The number of aromatic nitrogens is 2. The van der Waals surface area contributed by atoms with E-state index < -0.39 is 0 Å². The number of ether oxygens (including phenoxy) is 1. The van der Waals surface area contributed by atoms with Crippen molar-refractivity contribution in [3.05, 3.63) is 70.7 Å². The lowest BCUT2D eigenvalue weighted by atomic mass is 10.1. The van der Waals surface area contributed by atoms with Gasteiger partial charge in [-0.25, -0.2) is 0 Å². The van der Waals surface area contributed by atoms with Crippen LogP contribution in [0.3, 0.4) is 0 Å². The van der Waals surface area contributed by atoms with Crippen LogP contribution in [0.1, 0.15) is 54.7 Å². The van der Waals surface area contributed by atoms with Gasteiger partial charge in [-0.15, -0.1) is 10.2 Å². The third-order valence-corrected chi connectivity index (χ3v) is 6.99. The lowest BCUT2D eigenvalue weighted by molar-refractivity contribution is -0.119. The molecule has 0 saturated heterocycles. The molecule has 0 atom stereocenters. The van der Waals surface area contributed by atoms with Crippen molar-refractivity contribution >= 4 is 39.8 Å². The van der Waals surface area contributed by atoms with E-state index in [4.69, 9.17) is 15.3 Å². The maximum atomic E-state index is 12.5. The van der Waals surface area contributed by atoms with Gasteiger partial charge in [0.2, 0.25) is 16.9 Å². The SMILES string of the molecule is CN=C(CCC(=N)CCCCc1nnc(NC(=O)Cc2ccccc2)s1)NC(=O)Cc1cccc(OCCCO)c1. The normalized spacial score (nSPS) is 11.2. The molecule has 0 aliphatic carbocycles. The number of unbranched alkanes of at least 4 members (excludes halogenated alkanes) is 1. The van der Waals surface area contributed by atoms with E-state index in [1.807, 2.05) is 54.6 Å². The number of hydrogen-bond donors (Lipinski definition) is 4. The summed E-state index contributed by atoms with van der Waals surface area (Å²) in [5.74, 6) is 0.939. The molecule has 3 rings (SSSR count). The van der Waals surface area contributed by atoms with Crippen molar-refractivity contribution in [3.8, 4) is 5.75 Å². The van der Waals surface area contributed by atoms with Gasteiger partial charge in [0, 0.05) is 38.6 Å². The number of amidine groups is 1. The molecule has 1 heterocycles. The molecule has 0 aliphatic heterocycles. The van der Waals surface area contributed by atoms with E-state index in [2.05, 4.69) is 25.8 Å². The first-order chi connectivity index (χ1) is 19.9. The van der Waals surface area contributed by atoms with Gasteiger partial charge in [0.1, 0.15) is 16.6 Å². The molecule has 0 bridgehead atoms. The van der Waals surface area contributed by atoms with Crippen molar-refractivity contribution < 1.29 is 19.4 Å². The van der Waals surface area contributed by atoms with E-state index >= 15 is 0 Å². The maximum Gasteiger partial charge on any atom is 0.230 e. The van der Waals surface area contributed by atoms with Crippen LogP contribution in [0.25, 0.3) is 0 Å². The first-order valence-electron chi connectivity index (χ1n) is 13.8. The summed E-state index contributed by atoms with van der Waals surface area (Å²) in [5.41, 5.74) is 2.38. The van der Waals surface area contributed by atoms with E-state index in [1.165, 1.54) is 11.3 Å². The maximum absolute atomic E-state index is 12.5. The molecule has 218 valence electrons. The number of carbonyl (C=O) groups is 2. The Hall–Kier alpha value is -3.96. The number of hydrogen-bond acceptors (Lipinski definition) is 9. The van der Waals surface area contributed by atoms with E-state index in [0.717, 1.165) is 35.4 Å². The predicted molar refractivity (Wildman–Crippen MR) is 162 cm³/mol. The molecular formula is C30H38N6O4S. The zero-order valence-electron chi connectivity index (χ0n) is 23.4. The highest BCUT2D eigenvalue weighted by atomic mass is 32.1. The third-order valence-electron chi connectivity index (χ3n) is 6.09. The van der Waals surface area contributed by atoms with E-state index in [0.29, 0.717) is 61.1 Å². The number of aliphatic imine (C=N–C) groups is 1. The monoisotopic (exact) mass is 578 g/mol. The van der Waals surface area contributed by atoms with Gasteiger partial charge < -0.3 is 25.9 Å².